The molecule has 0 bridgehead atoms. The van der Waals surface area contributed by atoms with Gasteiger partial charge in [-0.3, -0.25) is 4.79 Å². The third kappa shape index (κ3) is 3.34. The lowest BCUT2D eigenvalue weighted by atomic mass is 10.1. The number of amides is 1. The number of benzene rings is 1. The van der Waals surface area contributed by atoms with Crippen LogP contribution in [0.25, 0.3) is 0 Å². The number of anilines is 1. The fraction of sp³-hybridized carbons (Fsp3) is 0.286. The molecule has 0 aliphatic rings. The number of nitrogens with zero attached hydrogens (tertiary/aromatic N) is 1. The van der Waals surface area contributed by atoms with Crippen LogP contribution in [0.3, 0.4) is 0 Å². The van der Waals surface area contributed by atoms with E-state index in [0.717, 1.165) is 16.9 Å². The predicted octanol–water partition coefficient (Wildman–Crippen LogP) is 2.48. The van der Waals surface area contributed by atoms with Gasteiger partial charge in [-0.2, -0.15) is 0 Å². The summed E-state index contributed by atoms with van der Waals surface area (Å²) in [4.78, 5) is 11.8. The van der Waals surface area contributed by atoms with Gasteiger partial charge in [0.25, 0.3) is 0 Å². The Bertz CT molecular complexity index is 590. The zero-order valence-corrected chi connectivity index (χ0v) is 11.2. The van der Waals surface area contributed by atoms with E-state index in [-0.39, 0.29) is 12.3 Å². The van der Waals surface area contributed by atoms with Crippen molar-refractivity contribution in [3.8, 4) is 5.75 Å². The summed E-state index contributed by atoms with van der Waals surface area (Å²) in [5, 5.41) is 6.40. The summed E-state index contributed by atoms with van der Waals surface area (Å²) in [6, 6.07) is 7.35. The van der Waals surface area contributed by atoms with Gasteiger partial charge in [-0.15, -0.1) is 0 Å². The molecule has 0 atom stereocenters. The van der Waals surface area contributed by atoms with Gasteiger partial charge in [0.15, 0.2) is 5.82 Å². The number of carbonyl (C=O) groups is 1. The molecule has 1 aromatic carbocycles. The average Bonchev–Trinajstić information content (AvgIpc) is 2.74. The van der Waals surface area contributed by atoms with Crippen LogP contribution in [0.15, 0.2) is 28.8 Å². The molecule has 0 aliphatic carbocycles. The lowest BCUT2D eigenvalue weighted by molar-refractivity contribution is -0.115. The van der Waals surface area contributed by atoms with Crippen LogP contribution < -0.4 is 10.1 Å². The molecule has 1 amide bonds. The molecule has 2 rings (SSSR count). The maximum Gasteiger partial charge on any atom is 0.230 e. The minimum atomic E-state index is -0.127. The minimum Gasteiger partial charge on any atom is -0.496 e. The quantitative estimate of drug-likeness (QED) is 0.917. The van der Waals surface area contributed by atoms with Gasteiger partial charge in [-0.1, -0.05) is 17.3 Å². The number of nitrogens with one attached hydrogen (secondary N) is 1. The Morgan fingerprint density at radius 1 is 1.37 bits per heavy atom. The Labute approximate surface area is 111 Å². The molecule has 19 heavy (non-hydrogen) atoms. The van der Waals surface area contributed by atoms with E-state index >= 15 is 0 Å². The molecule has 0 unspecified atom stereocenters. The highest BCUT2D eigenvalue weighted by molar-refractivity contribution is 5.91. The minimum absolute atomic E-state index is 0.127. The van der Waals surface area contributed by atoms with Crippen molar-refractivity contribution in [3.05, 3.63) is 41.2 Å². The monoisotopic (exact) mass is 260 g/mol. The number of aryl methyl sites for hydroxylation is 2. The number of hydrogen-bond donors (Lipinski definition) is 1. The maximum absolute atomic E-state index is 11.8. The van der Waals surface area contributed by atoms with Crippen LogP contribution in [0.4, 0.5) is 5.82 Å². The lowest BCUT2D eigenvalue weighted by Crippen LogP contribution is -2.14. The Balaban J connectivity index is 2.00. The molecule has 5 nitrogen and oxygen atoms in total. The third-order valence-electron chi connectivity index (χ3n) is 2.72. The summed E-state index contributed by atoms with van der Waals surface area (Å²) in [5.41, 5.74) is 1.93. The van der Waals surface area contributed by atoms with Crippen LogP contribution in [0.5, 0.6) is 5.75 Å². The van der Waals surface area contributed by atoms with Gasteiger partial charge < -0.3 is 14.6 Å². The van der Waals surface area contributed by atoms with Crippen molar-refractivity contribution >= 4 is 11.7 Å². The van der Waals surface area contributed by atoms with E-state index in [1.54, 1.807) is 20.1 Å². The smallest absolute Gasteiger partial charge is 0.230 e. The lowest BCUT2D eigenvalue weighted by Gasteiger charge is -2.07. The number of ether oxygens (including phenoxy) is 1. The van der Waals surface area contributed by atoms with Gasteiger partial charge in [0.1, 0.15) is 11.5 Å². The molecule has 0 fully saturated rings. The van der Waals surface area contributed by atoms with Gasteiger partial charge in [0, 0.05) is 6.07 Å². The van der Waals surface area contributed by atoms with Crippen molar-refractivity contribution in [2.75, 3.05) is 12.4 Å². The fourth-order valence-corrected chi connectivity index (χ4v) is 1.85. The van der Waals surface area contributed by atoms with Crippen molar-refractivity contribution in [1.82, 2.24) is 5.16 Å². The second-order valence-electron chi connectivity index (χ2n) is 4.35. The van der Waals surface area contributed by atoms with E-state index in [1.807, 2.05) is 25.1 Å². The number of rotatable bonds is 4. The van der Waals surface area contributed by atoms with E-state index in [9.17, 15) is 4.79 Å². The Hall–Kier alpha value is -2.30. The van der Waals surface area contributed by atoms with Crippen LogP contribution >= 0.6 is 0 Å². The first-order valence-corrected chi connectivity index (χ1v) is 5.95. The molecule has 0 spiro atoms. The van der Waals surface area contributed by atoms with E-state index in [2.05, 4.69) is 10.5 Å². The SMILES string of the molecule is COc1ccc(CC(=O)Nc2cc(C)on2)cc1C. The number of methoxy groups -OCH3 is 1. The molecule has 0 radical (unpaired) electrons. The van der Waals surface area contributed by atoms with Gasteiger partial charge >= 0.3 is 0 Å². The molecule has 100 valence electrons. The topological polar surface area (TPSA) is 64.4 Å². The second-order valence-corrected chi connectivity index (χ2v) is 4.35. The summed E-state index contributed by atoms with van der Waals surface area (Å²) >= 11 is 0. The summed E-state index contributed by atoms with van der Waals surface area (Å²) in [6.07, 6.45) is 0.288. The van der Waals surface area contributed by atoms with Crippen LogP contribution in [-0.2, 0) is 11.2 Å². The molecule has 1 aromatic heterocycles. The third-order valence-corrected chi connectivity index (χ3v) is 2.72. The highest BCUT2D eigenvalue weighted by atomic mass is 16.5. The largest absolute Gasteiger partial charge is 0.496 e. The number of carbonyl (C=O) groups excluding carboxylic acids is 1. The number of aromatic nitrogens is 1. The van der Waals surface area contributed by atoms with E-state index < -0.39 is 0 Å². The van der Waals surface area contributed by atoms with Gasteiger partial charge in [0.05, 0.1) is 13.5 Å². The van der Waals surface area contributed by atoms with Gasteiger partial charge in [-0.25, -0.2) is 0 Å². The highest BCUT2D eigenvalue weighted by Crippen LogP contribution is 2.19. The number of hydrogen-bond acceptors (Lipinski definition) is 4. The Morgan fingerprint density at radius 2 is 2.16 bits per heavy atom. The van der Waals surface area contributed by atoms with E-state index in [4.69, 9.17) is 9.26 Å². The van der Waals surface area contributed by atoms with Crippen molar-refractivity contribution in [1.29, 1.82) is 0 Å². The fourth-order valence-electron chi connectivity index (χ4n) is 1.85. The van der Waals surface area contributed by atoms with E-state index in [1.165, 1.54) is 0 Å². The Kier molecular flexibility index (Phi) is 3.85. The van der Waals surface area contributed by atoms with Crippen molar-refractivity contribution < 1.29 is 14.1 Å². The zero-order valence-electron chi connectivity index (χ0n) is 11.2. The molecule has 0 aliphatic heterocycles. The molecule has 0 saturated carbocycles. The summed E-state index contributed by atoms with van der Waals surface area (Å²) < 4.78 is 10.1. The van der Waals surface area contributed by atoms with Gasteiger partial charge in [0.2, 0.25) is 5.91 Å². The van der Waals surface area contributed by atoms with E-state index in [0.29, 0.717) is 11.6 Å². The predicted molar refractivity (Wildman–Crippen MR) is 71.3 cm³/mol. The van der Waals surface area contributed by atoms with Crippen LogP contribution in [-0.4, -0.2) is 18.2 Å². The molecular weight excluding hydrogens is 244 g/mol. The first kappa shape index (κ1) is 13.1. The van der Waals surface area contributed by atoms with Crippen molar-refractivity contribution in [2.45, 2.75) is 20.3 Å². The first-order chi connectivity index (χ1) is 9.08. The Morgan fingerprint density at radius 3 is 2.74 bits per heavy atom. The van der Waals surface area contributed by atoms with Crippen LogP contribution in [0, 0.1) is 13.8 Å². The summed E-state index contributed by atoms with van der Waals surface area (Å²) in [6.45, 7) is 3.72. The molecular formula is C14H16N2O3. The van der Waals surface area contributed by atoms with Crippen LogP contribution in [0.1, 0.15) is 16.9 Å². The highest BCUT2D eigenvalue weighted by Gasteiger charge is 2.08. The summed E-state index contributed by atoms with van der Waals surface area (Å²) in [5.74, 6) is 1.79. The summed E-state index contributed by atoms with van der Waals surface area (Å²) in [7, 11) is 1.63. The molecule has 1 N–H and O–H groups in total. The standard InChI is InChI=1S/C14H16N2O3/c1-9-6-11(4-5-12(9)18-3)8-14(17)15-13-7-10(2)19-16-13/h4-7H,8H2,1-3H3,(H,15,16,17). The molecule has 5 heteroatoms. The second kappa shape index (κ2) is 5.56. The van der Waals surface area contributed by atoms with Gasteiger partial charge in [-0.05, 0) is 31.0 Å². The van der Waals surface area contributed by atoms with Crippen LogP contribution in [0.2, 0.25) is 0 Å². The molecule has 0 saturated heterocycles. The average molecular weight is 260 g/mol. The van der Waals surface area contributed by atoms with Crippen molar-refractivity contribution in [3.63, 3.8) is 0 Å². The maximum atomic E-state index is 11.8. The molecule has 1 heterocycles. The molecule has 2 aromatic rings. The zero-order chi connectivity index (χ0) is 13.8. The van der Waals surface area contributed by atoms with Crippen molar-refractivity contribution in [2.24, 2.45) is 0 Å². The first-order valence-electron chi connectivity index (χ1n) is 5.95. The normalized spacial score (nSPS) is 10.3.